The van der Waals surface area contributed by atoms with Crippen molar-refractivity contribution in [3.63, 3.8) is 0 Å². The molecule has 18 heavy (non-hydrogen) atoms. The van der Waals surface area contributed by atoms with Crippen LogP contribution in [-0.2, 0) is 0 Å². The minimum Gasteiger partial charge on any atom is -0.389 e. The molecular weight excluding hydrogens is 240 g/mol. The Morgan fingerprint density at radius 2 is 2.11 bits per heavy atom. The van der Waals surface area contributed by atoms with Gasteiger partial charge in [-0.3, -0.25) is 0 Å². The summed E-state index contributed by atoms with van der Waals surface area (Å²) in [6.45, 7) is 7.75. The zero-order chi connectivity index (χ0) is 13.3. The Bertz CT molecular complexity index is 450. The molecule has 0 atom stereocenters. The first-order valence-electron chi connectivity index (χ1n) is 6.66. The molecule has 0 spiro atoms. The van der Waals surface area contributed by atoms with Crippen molar-refractivity contribution in [1.29, 1.82) is 0 Å². The molecular formula is C15H22N2S. The Balaban J connectivity index is 2.24. The van der Waals surface area contributed by atoms with Crippen LogP contribution in [0.4, 0.5) is 5.69 Å². The van der Waals surface area contributed by atoms with Crippen LogP contribution < -0.4 is 10.6 Å². The molecule has 0 radical (unpaired) electrons. The van der Waals surface area contributed by atoms with E-state index in [9.17, 15) is 0 Å². The van der Waals surface area contributed by atoms with E-state index >= 15 is 0 Å². The second-order valence-electron chi connectivity index (χ2n) is 5.55. The highest BCUT2D eigenvalue weighted by Crippen LogP contribution is 2.32. The van der Waals surface area contributed by atoms with Crippen LogP contribution in [0.15, 0.2) is 18.2 Å². The zero-order valence-electron chi connectivity index (χ0n) is 11.4. The molecule has 2 rings (SSSR count). The van der Waals surface area contributed by atoms with Crippen LogP contribution in [0.5, 0.6) is 0 Å². The van der Waals surface area contributed by atoms with E-state index in [1.807, 2.05) is 0 Å². The largest absolute Gasteiger partial charge is 0.389 e. The molecule has 0 aliphatic heterocycles. The fourth-order valence-corrected chi connectivity index (χ4v) is 2.52. The van der Waals surface area contributed by atoms with Crippen LogP contribution in [0, 0.1) is 12.8 Å². The number of benzene rings is 1. The Morgan fingerprint density at radius 3 is 2.56 bits per heavy atom. The van der Waals surface area contributed by atoms with Gasteiger partial charge >= 0.3 is 0 Å². The molecule has 1 aliphatic carbocycles. The maximum atomic E-state index is 5.71. The van der Waals surface area contributed by atoms with Gasteiger partial charge in [-0.1, -0.05) is 12.2 Å². The highest BCUT2D eigenvalue weighted by Gasteiger charge is 2.25. The summed E-state index contributed by atoms with van der Waals surface area (Å²) >= 11 is 5.05. The minimum absolute atomic E-state index is 0.484. The van der Waals surface area contributed by atoms with E-state index in [1.165, 1.54) is 30.6 Å². The SMILES string of the molecule is Cc1cc(N(CC2CC2)C(C)C)ccc1C(N)=S. The maximum Gasteiger partial charge on any atom is 0.104 e. The van der Waals surface area contributed by atoms with Crippen LogP contribution in [0.2, 0.25) is 0 Å². The predicted molar refractivity (Wildman–Crippen MR) is 82.3 cm³/mol. The molecule has 98 valence electrons. The Labute approximate surface area is 115 Å². The minimum atomic E-state index is 0.484. The third kappa shape index (κ3) is 3.02. The summed E-state index contributed by atoms with van der Waals surface area (Å²) in [5.74, 6) is 0.892. The van der Waals surface area contributed by atoms with Crippen molar-refractivity contribution in [2.24, 2.45) is 11.7 Å². The topological polar surface area (TPSA) is 29.3 Å². The summed E-state index contributed by atoms with van der Waals surface area (Å²) < 4.78 is 0. The molecule has 1 saturated carbocycles. The summed E-state index contributed by atoms with van der Waals surface area (Å²) in [6.07, 6.45) is 2.76. The number of nitrogens with two attached hydrogens (primary N) is 1. The van der Waals surface area contributed by atoms with Gasteiger partial charge in [0.1, 0.15) is 4.99 Å². The fourth-order valence-electron chi connectivity index (χ4n) is 2.30. The molecule has 0 bridgehead atoms. The van der Waals surface area contributed by atoms with E-state index in [4.69, 9.17) is 18.0 Å². The lowest BCUT2D eigenvalue weighted by atomic mass is 10.1. The first kappa shape index (κ1) is 13.3. The van der Waals surface area contributed by atoms with Gasteiger partial charge in [-0.15, -0.1) is 0 Å². The third-order valence-corrected chi connectivity index (χ3v) is 3.80. The number of aryl methyl sites for hydroxylation is 1. The molecule has 0 amide bonds. The van der Waals surface area contributed by atoms with E-state index in [2.05, 4.69) is 43.9 Å². The molecule has 1 aromatic rings. The normalized spacial score (nSPS) is 14.9. The molecule has 1 fully saturated rings. The van der Waals surface area contributed by atoms with Crippen LogP contribution in [-0.4, -0.2) is 17.6 Å². The van der Waals surface area contributed by atoms with Crippen molar-refractivity contribution in [3.8, 4) is 0 Å². The van der Waals surface area contributed by atoms with E-state index in [-0.39, 0.29) is 0 Å². The quantitative estimate of drug-likeness (QED) is 0.826. The molecule has 2 N–H and O–H groups in total. The number of nitrogens with zero attached hydrogens (tertiary/aromatic N) is 1. The molecule has 0 aromatic heterocycles. The van der Waals surface area contributed by atoms with Gasteiger partial charge in [0, 0.05) is 23.8 Å². The van der Waals surface area contributed by atoms with Gasteiger partial charge < -0.3 is 10.6 Å². The molecule has 0 heterocycles. The van der Waals surface area contributed by atoms with Crippen LogP contribution in [0.1, 0.15) is 37.8 Å². The average molecular weight is 262 g/mol. The first-order chi connectivity index (χ1) is 8.49. The Hall–Kier alpha value is -1.09. The van der Waals surface area contributed by atoms with E-state index in [1.54, 1.807) is 0 Å². The van der Waals surface area contributed by atoms with Crippen molar-refractivity contribution in [3.05, 3.63) is 29.3 Å². The molecule has 0 unspecified atom stereocenters. The maximum absolute atomic E-state index is 5.71. The standard InChI is InChI=1S/C15H22N2S/c1-10(2)17(9-12-4-5-12)13-6-7-14(15(16)18)11(3)8-13/h6-8,10,12H,4-5,9H2,1-3H3,(H2,16,18). The van der Waals surface area contributed by atoms with Gasteiger partial charge in [-0.05, 0) is 63.3 Å². The van der Waals surface area contributed by atoms with Gasteiger partial charge in [0.25, 0.3) is 0 Å². The second kappa shape index (κ2) is 5.27. The first-order valence-corrected chi connectivity index (χ1v) is 7.07. The van der Waals surface area contributed by atoms with Gasteiger partial charge in [0.15, 0.2) is 0 Å². The van der Waals surface area contributed by atoms with E-state index in [0.29, 0.717) is 11.0 Å². The van der Waals surface area contributed by atoms with Gasteiger partial charge in [0.05, 0.1) is 0 Å². The number of thiocarbonyl (C=S) groups is 1. The van der Waals surface area contributed by atoms with Crippen molar-refractivity contribution in [1.82, 2.24) is 0 Å². The highest BCUT2D eigenvalue weighted by molar-refractivity contribution is 7.80. The summed E-state index contributed by atoms with van der Waals surface area (Å²) in [6, 6.07) is 6.93. The smallest absolute Gasteiger partial charge is 0.104 e. The lowest BCUT2D eigenvalue weighted by molar-refractivity contribution is 0.644. The summed E-state index contributed by atoms with van der Waals surface area (Å²) in [7, 11) is 0. The van der Waals surface area contributed by atoms with Gasteiger partial charge in [0.2, 0.25) is 0 Å². The van der Waals surface area contributed by atoms with Crippen molar-refractivity contribution < 1.29 is 0 Å². The third-order valence-electron chi connectivity index (χ3n) is 3.58. The van der Waals surface area contributed by atoms with Crippen LogP contribution in [0.25, 0.3) is 0 Å². The molecule has 1 aromatic carbocycles. The summed E-state index contributed by atoms with van der Waals surface area (Å²) in [5, 5.41) is 0. The van der Waals surface area contributed by atoms with Crippen molar-refractivity contribution in [2.75, 3.05) is 11.4 Å². The number of hydrogen-bond donors (Lipinski definition) is 1. The average Bonchev–Trinajstić information content (AvgIpc) is 3.08. The van der Waals surface area contributed by atoms with Gasteiger partial charge in [-0.2, -0.15) is 0 Å². The number of anilines is 1. The van der Waals surface area contributed by atoms with Crippen LogP contribution >= 0.6 is 12.2 Å². The molecule has 2 nitrogen and oxygen atoms in total. The van der Waals surface area contributed by atoms with E-state index in [0.717, 1.165) is 11.5 Å². The lowest BCUT2D eigenvalue weighted by Crippen LogP contribution is -2.32. The molecule has 0 saturated heterocycles. The molecule has 3 heteroatoms. The Morgan fingerprint density at radius 1 is 1.44 bits per heavy atom. The second-order valence-corrected chi connectivity index (χ2v) is 5.99. The Kier molecular flexibility index (Phi) is 3.91. The summed E-state index contributed by atoms with van der Waals surface area (Å²) in [5.41, 5.74) is 9.15. The highest BCUT2D eigenvalue weighted by atomic mass is 32.1. The number of hydrogen-bond acceptors (Lipinski definition) is 2. The van der Waals surface area contributed by atoms with Crippen molar-refractivity contribution in [2.45, 2.75) is 39.7 Å². The van der Waals surface area contributed by atoms with E-state index < -0.39 is 0 Å². The zero-order valence-corrected chi connectivity index (χ0v) is 12.3. The summed E-state index contributed by atoms with van der Waals surface area (Å²) in [4.78, 5) is 2.96. The predicted octanol–water partition coefficient (Wildman–Crippen LogP) is 3.25. The van der Waals surface area contributed by atoms with Crippen LogP contribution in [0.3, 0.4) is 0 Å². The van der Waals surface area contributed by atoms with Crippen molar-refractivity contribution >= 4 is 22.9 Å². The monoisotopic (exact) mass is 262 g/mol. The molecule has 1 aliphatic rings. The fraction of sp³-hybridized carbons (Fsp3) is 0.533. The lowest BCUT2D eigenvalue weighted by Gasteiger charge is -2.29. The number of rotatable bonds is 5. The van der Waals surface area contributed by atoms with Gasteiger partial charge in [-0.25, -0.2) is 0 Å².